The lowest BCUT2D eigenvalue weighted by molar-refractivity contribution is -0.111. The molecular weight excluding hydrogens is 396 g/mol. The lowest BCUT2D eigenvalue weighted by Gasteiger charge is -2.33. The van der Waals surface area contributed by atoms with Crippen molar-refractivity contribution in [3.8, 4) is 17.2 Å². The Kier molecular flexibility index (Phi) is 7.78. The molecule has 3 rings (SSSR count). The molecule has 0 atom stereocenters. The van der Waals surface area contributed by atoms with Gasteiger partial charge in [-0.3, -0.25) is 4.79 Å². The molecule has 1 aliphatic heterocycles. The highest BCUT2D eigenvalue weighted by molar-refractivity contribution is 6.02. The molecule has 1 fully saturated rings. The van der Waals surface area contributed by atoms with Gasteiger partial charge in [-0.25, -0.2) is 0 Å². The second-order valence-electron chi connectivity index (χ2n) is 7.25. The monoisotopic (exact) mass is 426 g/mol. The zero-order valence-electron chi connectivity index (χ0n) is 18.5. The van der Waals surface area contributed by atoms with Crippen molar-refractivity contribution < 1.29 is 23.7 Å². The summed E-state index contributed by atoms with van der Waals surface area (Å²) in [5.74, 6) is 1.36. The van der Waals surface area contributed by atoms with Crippen molar-refractivity contribution >= 4 is 23.4 Å². The highest BCUT2D eigenvalue weighted by atomic mass is 16.5. The number of carbonyl (C=O) groups excluding carboxylic acids is 1. The SMILES string of the molecule is COc1cc(/C=C/C(=O)Nc2ccc(N3CCC(OC)CC3)cc2)cc(OC)c1OC. The third-order valence-corrected chi connectivity index (χ3v) is 5.39. The minimum Gasteiger partial charge on any atom is -0.493 e. The number of benzene rings is 2. The van der Waals surface area contributed by atoms with E-state index in [0.29, 0.717) is 23.4 Å². The van der Waals surface area contributed by atoms with E-state index in [1.807, 2.05) is 24.3 Å². The molecule has 0 saturated carbocycles. The van der Waals surface area contributed by atoms with E-state index in [2.05, 4.69) is 10.2 Å². The first kappa shape index (κ1) is 22.5. The number of rotatable bonds is 8. The van der Waals surface area contributed by atoms with Crippen LogP contribution in [0.4, 0.5) is 11.4 Å². The molecule has 1 heterocycles. The Morgan fingerprint density at radius 3 is 2.10 bits per heavy atom. The number of nitrogens with zero attached hydrogens (tertiary/aromatic N) is 1. The summed E-state index contributed by atoms with van der Waals surface area (Å²) in [6.07, 6.45) is 5.59. The standard InChI is InChI=1S/C24H30N2O5/c1-28-20-11-13-26(14-12-20)19-8-6-18(7-9-19)25-23(27)10-5-17-15-21(29-2)24(31-4)22(16-17)30-3/h5-10,15-16,20H,11-14H2,1-4H3,(H,25,27)/b10-5+. The van der Waals surface area contributed by atoms with Crippen LogP contribution in [0.15, 0.2) is 42.5 Å². The van der Waals surface area contributed by atoms with Gasteiger partial charge in [0, 0.05) is 37.7 Å². The van der Waals surface area contributed by atoms with Gasteiger partial charge in [0.2, 0.25) is 11.7 Å². The second kappa shape index (κ2) is 10.7. The van der Waals surface area contributed by atoms with Gasteiger partial charge in [-0.1, -0.05) is 0 Å². The molecule has 1 saturated heterocycles. The predicted molar refractivity (Wildman–Crippen MR) is 122 cm³/mol. The summed E-state index contributed by atoms with van der Waals surface area (Å²) < 4.78 is 21.4. The first-order valence-electron chi connectivity index (χ1n) is 10.2. The molecule has 0 aliphatic carbocycles. The maximum atomic E-state index is 12.4. The van der Waals surface area contributed by atoms with E-state index in [1.54, 1.807) is 46.6 Å². The van der Waals surface area contributed by atoms with Crippen molar-refractivity contribution in [2.75, 3.05) is 51.7 Å². The quantitative estimate of drug-likeness (QED) is 0.644. The molecular formula is C24H30N2O5. The molecule has 0 aromatic heterocycles. The Bertz CT molecular complexity index is 878. The molecule has 7 nitrogen and oxygen atoms in total. The molecule has 1 N–H and O–H groups in total. The normalized spacial score (nSPS) is 14.5. The van der Waals surface area contributed by atoms with Gasteiger partial charge >= 0.3 is 0 Å². The summed E-state index contributed by atoms with van der Waals surface area (Å²) in [6.45, 7) is 1.95. The van der Waals surface area contributed by atoms with Crippen LogP contribution >= 0.6 is 0 Å². The Hall–Kier alpha value is -3.19. The molecule has 0 radical (unpaired) electrons. The van der Waals surface area contributed by atoms with Gasteiger partial charge in [-0.2, -0.15) is 0 Å². The van der Waals surface area contributed by atoms with Gasteiger partial charge in [0.05, 0.1) is 27.4 Å². The average Bonchev–Trinajstić information content (AvgIpc) is 2.82. The van der Waals surface area contributed by atoms with Crippen LogP contribution in [0.25, 0.3) is 6.08 Å². The van der Waals surface area contributed by atoms with Crippen LogP contribution in [0.2, 0.25) is 0 Å². The molecule has 1 aliphatic rings. The Morgan fingerprint density at radius 2 is 1.58 bits per heavy atom. The summed E-state index contributed by atoms with van der Waals surface area (Å²) in [7, 11) is 6.44. The number of piperidine rings is 1. The Balaban J connectivity index is 1.61. The first-order chi connectivity index (χ1) is 15.1. The van der Waals surface area contributed by atoms with E-state index in [9.17, 15) is 4.79 Å². The van der Waals surface area contributed by atoms with Crippen molar-refractivity contribution in [1.82, 2.24) is 0 Å². The highest BCUT2D eigenvalue weighted by Crippen LogP contribution is 2.38. The van der Waals surface area contributed by atoms with Gasteiger partial charge in [-0.15, -0.1) is 0 Å². The summed E-state index contributed by atoms with van der Waals surface area (Å²) in [4.78, 5) is 14.7. The molecule has 7 heteroatoms. The van der Waals surface area contributed by atoms with E-state index in [4.69, 9.17) is 18.9 Å². The Morgan fingerprint density at radius 1 is 0.968 bits per heavy atom. The van der Waals surface area contributed by atoms with E-state index in [1.165, 1.54) is 6.08 Å². The lowest BCUT2D eigenvalue weighted by Crippen LogP contribution is -2.36. The van der Waals surface area contributed by atoms with E-state index in [0.717, 1.165) is 42.9 Å². The van der Waals surface area contributed by atoms with E-state index in [-0.39, 0.29) is 5.91 Å². The smallest absolute Gasteiger partial charge is 0.248 e. The molecule has 0 unspecified atom stereocenters. The highest BCUT2D eigenvalue weighted by Gasteiger charge is 2.18. The number of methoxy groups -OCH3 is 4. The fourth-order valence-electron chi connectivity index (χ4n) is 3.66. The lowest BCUT2D eigenvalue weighted by atomic mass is 10.1. The largest absolute Gasteiger partial charge is 0.493 e. The summed E-state index contributed by atoms with van der Waals surface area (Å²) >= 11 is 0. The molecule has 0 bridgehead atoms. The minimum absolute atomic E-state index is 0.220. The van der Waals surface area contributed by atoms with Crippen LogP contribution in [-0.2, 0) is 9.53 Å². The van der Waals surface area contributed by atoms with Crippen molar-refractivity contribution in [2.24, 2.45) is 0 Å². The zero-order chi connectivity index (χ0) is 22.2. The Labute approximate surface area is 183 Å². The maximum Gasteiger partial charge on any atom is 0.248 e. The minimum atomic E-state index is -0.220. The van der Waals surface area contributed by atoms with Crippen LogP contribution in [0.5, 0.6) is 17.2 Å². The fourth-order valence-corrected chi connectivity index (χ4v) is 3.66. The maximum absolute atomic E-state index is 12.4. The topological polar surface area (TPSA) is 69.3 Å². The predicted octanol–water partition coefficient (Wildman–Crippen LogP) is 3.98. The van der Waals surface area contributed by atoms with Crippen molar-refractivity contribution in [3.05, 3.63) is 48.0 Å². The van der Waals surface area contributed by atoms with Crippen LogP contribution in [0.1, 0.15) is 18.4 Å². The second-order valence-corrected chi connectivity index (χ2v) is 7.25. The molecule has 0 spiro atoms. The third-order valence-electron chi connectivity index (χ3n) is 5.39. The zero-order valence-corrected chi connectivity index (χ0v) is 18.5. The first-order valence-corrected chi connectivity index (χ1v) is 10.2. The molecule has 2 aromatic rings. The number of hydrogen-bond donors (Lipinski definition) is 1. The molecule has 31 heavy (non-hydrogen) atoms. The van der Waals surface area contributed by atoms with Crippen molar-refractivity contribution in [2.45, 2.75) is 18.9 Å². The number of hydrogen-bond acceptors (Lipinski definition) is 6. The van der Waals surface area contributed by atoms with Crippen LogP contribution in [0, 0.1) is 0 Å². The van der Waals surface area contributed by atoms with Crippen LogP contribution < -0.4 is 24.4 Å². The van der Waals surface area contributed by atoms with Crippen molar-refractivity contribution in [1.29, 1.82) is 0 Å². The van der Waals surface area contributed by atoms with Gasteiger partial charge in [-0.05, 0) is 60.9 Å². The van der Waals surface area contributed by atoms with Gasteiger partial charge in [0.25, 0.3) is 0 Å². The number of amides is 1. The summed E-state index contributed by atoms with van der Waals surface area (Å²) in [5, 5.41) is 2.89. The molecule has 1 amide bonds. The van der Waals surface area contributed by atoms with E-state index < -0.39 is 0 Å². The summed E-state index contributed by atoms with van der Waals surface area (Å²) in [6, 6.07) is 11.5. The third kappa shape index (κ3) is 5.70. The van der Waals surface area contributed by atoms with Crippen LogP contribution in [0.3, 0.4) is 0 Å². The number of carbonyl (C=O) groups is 1. The van der Waals surface area contributed by atoms with Gasteiger partial charge in [0.1, 0.15) is 0 Å². The van der Waals surface area contributed by atoms with Gasteiger partial charge in [0.15, 0.2) is 11.5 Å². The molecule has 2 aromatic carbocycles. The number of ether oxygens (including phenoxy) is 4. The molecule has 166 valence electrons. The van der Waals surface area contributed by atoms with Crippen LogP contribution in [-0.4, -0.2) is 53.5 Å². The van der Waals surface area contributed by atoms with Crippen molar-refractivity contribution in [3.63, 3.8) is 0 Å². The number of nitrogens with one attached hydrogen (secondary N) is 1. The van der Waals surface area contributed by atoms with E-state index >= 15 is 0 Å². The number of anilines is 2. The van der Waals surface area contributed by atoms with Gasteiger partial charge < -0.3 is 29.2 Å². The fraction of sp³-hybridized carbons (Fsp3) is 0.375. The average molecular weight is 427 g/mol. The summed E-state index contributed by atoms with van der Waals surface area (Å²) in [5.41, 5.74) is 2.66.